The normalized spacial score (nSPS) is 15.8. The van der Waals surface area contributed by atoms with Crippen LogP contribution in [0.4, 0.5) is 4.39 Å². The minimum atomic E-state index is -1.21. The van der Waals surface area contributed by atoms with Crippen molar-refractivity contribution in [2.75, 3.05) is 6.54 Å². The standard InChI is InChI=1S/C15H18FNO3/c16-13-8-11(15(19)20)6-7-12(13)14(18)17-9-10-4-2-1-3-5-10/h6-8,10H,1-5,9H2,(H,17,18)(H,19,20). The Morgan fingerprint density at radius 2 is 1.95 bits per heavy atom. The van der Waals surface area contributed by atoms with Crippen molar-refractivity contribution in [2.45, 2.75) is 32.1 Å². The first-order valence-corrected chi connectivity index (χ1v) is 6.89. The van der Waals surface area contributed by atoms with Crippen LogP contribution in [0.25, 0.3) is 0 Å². The van der Waals surface area contributed by atoms with Gasteiger partial charge in [-0.25, -0.2) is 9.18 Å². The maximum atomic E-state index is 13.7. The monoisotopic (exact) mass is 279 g/mol. The summed E-state index contributed by atoms with van der Waals surface area (Å²) in [5.74, 6) is -2.02. The van der Waals surface area contributed by atoms with E-state index in [9.17, 15) is 14.0 Å². The summed E-state index contributed by atoms with van der Waals surface area (Å²) in [5, 5.41) is 11.5. The second-order valence-corrected chi connectivity index (χ2v) is 5.21. The second kappa shape index (κ2) is 6.50. The average molecular weight is 279 g/mol. The zero-order valence-corrected chi connectivity index (χ0v) is 11.2. The number of amides is 1. The van der Waals surface area contributed by atoms with E-state index in [1.54, 1.807) is 0 Å². The molecular weight excluding hydrogens is 261 g/mol. The predicted molar refractivity (Wildman–Crippen MR) is 72.3 cm³/mol. The summed E-state index contributed by atoms with van der Waals surface area (Å²) in [6, 6.07) is 3.33. The molecule has 1 aromatic carbocycles. The molecule has 1 fully saturated rings. The van der Waals surface area contributed by atoms with Crippen LogP contribution in [-0.4, -0.2) is 23.5 Å². The Morgan fingerprint density at radius 3 is 2.55 bits per heavy atom. The van der Waals surface area contributed by atoms with Crippen LogP contribution in [0, 0.1) is 11.7 Å². The molecule has 1 saturated carbocycles. The molecule has 0 atom stereocenters. The maximum Gasteiger partial charge on any atom is 0.335 e. The second-order valence-electron chi connectivity index (χ2n) is 5.21. The van der Waals surface area contributed by atoms with E-state index in [1.165, 1.54) is 31.4 Å². The van der Waals surface area contributed by atoms with Gasteiger partial charge in [0.15, 0.2) is 0 Å². The third kappa shape index (κ3) is 3.56. The van der Waals surface area contributed by atoms with Crippen molar-refractivity contribution in [3.63, 3.8) is 0 Å². The molecule has 0 aromatic heterocycles. The van der Waals surface area contributed by atoms with Crippen molar-refractivity contribution in [1.29, 1.82) is 0 Å². The van der Waals surface area contributed by atoms with Gasteiger partial charge in [0.1, 0.15) is 5.82 Å². The Labute approximate surface area is 117 Å². The molecule has 0 aliphatic heterocycles. The van der Waals surface area contributed by atoms with Crippen molar-refractivity contribution in [3.8, 4) is 0 Å². The van der Waals surface area contributed by atoms with E-state index in [4.69, 9.17) is 5.11 Å². The van der Waals surface area contributed by atoms with Crippen molar-refractivity contribution in [2.24, 2.45) is 5.92 Å². The highest BCUT2D eigenvalue weighted by Crippen LogP contribution is 2.22. The molecule has 1 aliphatic carbocycles. The number of hydrogen-bond acceptors (Lipinski definition) is 2. The smallest absolute Gasteiger partial charge is 0.335 e. The number of rotatable bonds is 4. The Kier molecular flexibility index (Phi) is 4.71. The summed E-state index contributed by atoms with van der Waals surface area (Å²) < 4.78 is 13.7. The quantitative estimate of drug-likeness (QED) is 0.890. The van der Waals surface area contributed by atoms with Crippen LogP contribution in [0.3, 0.4) is 0 Å². The van der Waals surface area contributed by atoms with Crippen molar-refractivity contribution < 1.29 is 19.1 Å². The molecule has 4 nitrogen and oxygen atoms in total. The highest BCUT2D eigenvalue weighted by atomic mass is 19.1. The molecule has 2 N–H and O–H groups in total. The molecule has 1 aliphatic rings. The van der Waals surface area contributed by atoms with E-state index in [0.29, 0.717) is 12.5 Å². The number of nitrogens with one attached hydrogen (secondary N) is 1. The van der Waals surface area contributed by atoms with Gasteiger partial charge in [0.2, 0.25) is 0 Å². The fraction of sp³-hybridized carbons (Fsp3) is 0.467. The molecular formula is C15H18FNO3. The zero-order chi connectivity index (χ0) is 14.5. The lowest BCUT2D eigenvalue weighted by Gasteiger charge is -2.21. The van der Waals surface area contributed by atoms with Gasteiger partial charge < -0.3 is 10.4 Å². The molecule has 1 amide bonds. The van der Waals surface area contributed by atoms with Gasteiger partial charge in [-0.3, -0.25) is 4.79 Å². The Balaban J connectivity index is 1.96. The fourth-order valence-corrected chi connectivity index (χ4v) is 2.56. The summed E-state index contributed by atoms with van der Waals surface area (Å²) in [4.78, 5) is 22.6. The van der Waals surface area contributed by atoms with E-state index >= 15 is 0 Å². The van der Waals surface area contributed by atoms with Gasteiger partial charge in [-0.05, 0) is 37.0 Å². The van der Waals surface area contributed by atoms with Gasteiger partial charge in [-0.1, -0.05) is 19.3 Å². The van der Waals surface area contributed by atoms with E-state index in [1.807, 2.05) is 0 Å². The SMILES string of the molecule is O=C(O)c1ccc(C(=O)NCC2CCCCC2)c(F)c1. The van der Waals surface area contributed by atoms with E-state index in [0.717, 1.165) is 18.9 Å². The third-order valence-corrected chi connectivity index (χ3v) is 3.74. The number of carboxylic acids is 1. The van der Waals surface area contributed by atoms with Crippen LogP contribution >= 0.6 is 0 Å². The molecule has 0 saturated heterocycles. The summed E-state index contributed by atoms with van der Waals surface area (Å²) in [7, 11) is 0. The molecule has 0 bridgehead atoms. The number of carbonyl (C=O) groups excluding carboxylic acids is 1. The molecule has 0 unspecified atom stereocenters. The van der Waals surface area contributed by atoms with E-state index < -0.39 is 17.7 Å². The van der Waals surface area contributed by atoms with Crippen LogP contribution in [0.2, 0.25) is 0 Å². The summed E-state index contributed by atoms with van der Waals surface area (Å²) in [6.07, 6.45) is 5.81. The van der Waals surface area contributed by atoms with Gasteiger partial charge >= 0.3 is 5.97 Å². The summed E-state index contributed by atoms with van der Waals surface area (Å²) in [6.45, 7) is 0.555. The molecule has 20 heavy (non-hydrogen) atoms. The van der Waals surface area contributed by atoms with E-state index in [-0.39, 0.29) is 11.1 Å². The minimum Gasteiger partial charge on any atom is -0.478 e. The van der Waals surface area contributed by atoms with Gasteiger partial charge in [0.25, 0.3) is 5.91 Å². The summed E-state index contributed by atoms with van der Waals surface area (Å²) >= 11 is 0. The van der Waals surface area contributed by atoms with Gasteiger partial charge in [0, 0.05) is 6.54 Å². The highest BCUT2D eigenvalue weighted by molar-refractivity contribution is 5.96. The van der Waals surface area contributed by atoms with Crippen molar-refractivity contribution in [1.82, 2.24) is 5.32 Å². The predicted octanol–water partition coefficient (Wildman–Crippen LogP) is 2.83. The highest BCUT2D eigenvalue weighted by Gasteiger charge is 2.17. The number of carbonyl (C=O) groups is 2. The lowest BCUT2D eigenvalue weighted by molar-refractivity contribution is 0.0695. The lowest BCUT2D eigenvalue weighted by atomic mass is 9.89. The average Bonchev–Trinajstić information content (AvgIpc) is 2.45. The lowest BCUT2D eigenvalue weighted by Crippen LogP contribution is -2.30. The Morgan fingerprint density at radius 1 is 1.25 bits per heavy atom. The van der Waals surface area contributed by atoms with E-state index in [2.05, 4.69) is 5.32 Å². The van der Waals surface area contributed by atoms with Crippen LogP contribution in [0.15, 0.2) is 18.2 Å². The van der Waals surface area contributed by atoms with Crippen LogP contribution in [-0.2, 0) is 0 Å². The molecule has 0 spiro atoms. The van der Waals surface area contributed by atoms with Crippen LogP contribution in [0.1, 0.15) is 52.8 Å². The molecule has 108 valence electrons. The number of benzene rings is 1. The minimum absolute atomic E-state index is 0.106. The molecule has 0 heterocycles. The number of carboxylic acid groups (broad SMARTS) is 1. The third-order valence-electron chi connectivity index (χ3n) is 3.74. The van der Waals surface area contributed by atoms with Crippen molar-refractivity contribution in [3.05, 3.63) is 35.1 Å². The fourth-order valence-electron chi connectivity index (χ4n) is 2.56. The molecule has 0 radical (unpaired) electrons. The Bertz CT molecular complexity index is 510. The first-order valence-electron chi connectivity index (χ1n) is 6.89. The molecule has 5 heteroatoms. The van der Waals surface area contributed by atoms with Gasteiger partial charge in [-0.2, -0.15) is 0 Å². The van der Waals surface area contributed by atoms with Crippen molar-refractivity contribution >= 4 is 11.9 Å². The van der Waals surface area contributed by atoms with Gasteiger partial charge in [-0.15, -0.1) is 0 Å². The number of aromatic carboxylic acids is 1. The first kappa shape index (κ1) is 14.5. The zero-order valence-electron chi connectivity index (χ0n) is 11.2. The number of halogens is 1. The van der Waals surface area contributed by atoms with Gasteiger partial charge in [0.05, 0.1) is 11.1 Å². The maximum absolute atomic E-state index is 13.7. The topological polar surface area (TPSA) is 66.4 Å². The molecule has 2 rings (SSSR count). The van der Waals surface area contributed by atoms with Crippen LogP contribution in [0.5, 0.6) is 0 Å². The number of hydrogen-bond donors (Lipinski definition) is 2. The molecule has 1 aromatic rings. The Hall–Kier alpha value is -1.91. The van der Waals surface area contributed by atoms with Crippen LogP contribution < -0.4 is 5.32 Å². The first-order chi connectivity index (χ1) is 9.58. The largest absolute Gasteiger partial charge is 0.478 e. The summed E-state index contributed by atoms with van der Waals surface area (Å²) in [5.41, 5.74) is -0.267.